The van der Waals surface area contributed by atoms with Crippen LogP contribution in [0.25, 0.3) is 0 Å². The van der Waals surface area contributed by atoms with Gasteiger partial charge in [0.15, 0.2) is 0 Å². The molecule has 0 unspecified atom stereocenters. The maximum absolute atomic E-state index is 5.32. The number of aryl methyl sites for hydroxylation is 1. The number of hydrogen-bond donors (Lipinski definition) is 1. The highest BCUT2D eigenvalue weighted by Crippen LogP contribution is 2.42. The average molecular weight is 239 g/mol. The van der Waals surface area contributed by atoms with Crippen molar-refractivity contribution in [2.24, 2.45) is 5.41 Å². The number of furan rings is 1. The van der Waals surface area contributed by atoms with Gasteiger partial charge in [0.2, 0.25) is 0 Å². The Hall–Kier alpha value is -0.410. The van der Waals surface area contributed by atoms with Crippen LogP contribution in [0, 0.1) is 12.3 Å². The second-order valence-electron chi connectivity index (χ2n) is 5.19. The molecule has 2 nitrogen and oxygen atoms in total. The lowest BCUT2D eigenvalue weighted by molar-refractivity contribution is 0.101. The number of thiol groups is 1. The third-order valence-corrected chi connectivity index (χ3v) is 4.43. The van der Waals surface area contributed by atoms with Crippen LogP contribution in [0.2, 0.25) is 0 Å². The van der Waals surface area contributed by atoms with Crippen LogP contribution >= 0.6 is 12.6 Å². The second-order valence-corrected chi connectivity index (χ2v) is 5.50. The van der Waals surface area contributed by atoms with E-state index in [1.165, 1.54) is 24.8 Å². The first kappa shape index (κ1) is 12.1. The molecular formula is C13H21NOS. The fourth-order valence-corrected chi connectivity index (χ4v) is 2.95. The molecule has 3 heteroatoms. The fourth-order valence-electron chi connectivity index (χ4n) is 2.54. The van der Waals surface area contributed by atoms with Crippen molar-refractivity contribution in [3.63, 3.8) is 0 Å². The maximum Gasteiger partial charge on any atom is 0.105 e. The largest absolute Gasteiger partial charge is 0.469 e. The van der Waals surface area contributed by atoms with E-state index in [0.29, 0.717) is 5.41 Å². The Morgan fingerprint density at radius 3 is 2.69 bits per heavy atom. The minimum Gasteiger partial charge on any atom is -0.469 e. The summed E-state index contributed by atoms with van der Waals surface area (Å²) in [6.07, 6.45) is 5.83. The molecule has 90 valence electrons. The van der Waals surface area contributed by atoms with E-state index in [-0.39, 0.29) is 0 Å². The summed E-state index contributed by atoms with van der Waals surface area (Å²) in [4.78, 5) is 2.40. The van der Waals surface area contributed by atoms with Gasteiger partial charge in [0.05, 0.1) is 6.26 Å². The Morgan fingerprint density at radius 2 is 2.25 bits per heavy atom. The summed E-state index contributed by atoms with van der Waals surface area (Å²) in [6.45, 7) is 4.17. The van der Waals surface area contributed by atoms with Gasteiger partial charge in [0.25, 0.3) is 0 Å². The molecule has 1 aromatic heterocycles. The lowest BCUT2D eigenvalue weighted by atomic mass is 9.70. The molecule has 1 heterocycles. The number of rotatable bonds is 5. The zero-order valence-electron chi connectivity index (χ0n) is 10.2. The van der Waals surface area contributed by atoms with Crippen LogP contribution in [0.1, 0.15) is 30.6 Å². The highest BCUT2D eigenvalue weighted by atomic mass is 32.1. The molecule has 0 N–H and O–H groups in total. The summed E-state index contributed by atoms with van der Waals surface area (Å²) in [5.74, 6) is 2.06. The number of hydrogen-bond acceptors (Lipinski definition) is 3. The molecule has 0 spiro atoms. The molecule has 1 aliphatic rings. The van der Waals surface area contributed by atoms with E-state index in [1.807, 2.05) is 6.92 Å². The summed E-state index contributed by atoms with van der Waals surface area (Å²) in [7, 11) is 2.19. The van der Waals surface area contributed by atoms with E-state index < -0.39 is 0 Å². The summed E-state index contributed by atoms with van der Waals surface area (Å²) in [5.41, 5.74) is 1.78. The SMILES string of the molecule is Cc1occc1CN(C)CC1(CS)CCC1. The van der Waals surface area contributed by atoms with Crippen molar-refractivity contribution in [1.29, 1.82) is 0 Å². The molecule has 0 amide bonds. The Bertz CT molecular complexity index is 338. The third kappa shape index (κ3) is 2.46. The van der Waals surface area contributed by atoms with E-state index in [0.717, 1.165) is 24.6 Å². The molecule has 0 bridgehead atoms. The average Bonchev–Trinajstić information content (AvgIpc) is 2.58. The van der Waals surface area contributed by atoms with Crippen LogP contribution < -0.4 is 0 Å². The van der Waals surface area contributed by atoms with Crippen LogP contribution in [0.3, 0.4) is 0 Å². The molecule has 0 radical (unpaired) electrons. The van der Waals surface area contributed by atoms with Gasteiger partial charge in [0.1, 0.15) is 5.76 Å². The Labute approximate surface area is 103 Å². The highest BCUT2D eigenvalue weighted by Gasteiger charge is 2.36. The molecule has 0 aliphatic heterocycles. The van der Waals surface area contributed by atoms with Crippen molar-refractivity contribution in [2.75, 3.05) is 19.3 Å². The van der Waals surface area contributed by atoms with Crippen LogP contribution in [-0.2, 0) is 6.54 Å². The van der Waals surface area contributed by atoms with Crippen molar-refractivity contribution < 1.29 is 4.42 Å². The Morgan fingerprint density at radius 1 is 1.50 bits per heavy atom. The second kappa shape index (κ2) is 4.84. The quantitative estimate of drug-likeness (QED) is 0.795. The Balaban J connectivity index is 1.89. The number of nitrogens with zero attached hydrogens (tertiary/aromatic N) is 1. The summed E-state index contributed by atoms with van der Waals surface area (Å²) in [5, 5.41) is 0. The standard InChI is InChI=1S/C13H21NOS/c1-11-12(4-7-15-11)8-14(2)9-13(10-16)5-3-6-13/h4,7,16H,3,5-6,8-10H2,1-2H3. The zero-order chi connectivity index (χ0) is 11.6. The molecule has 0 aromatic carbocycles. The minimum atomic E-state index is 0.482. The topological polar surface area (TPSA) is 16.4 Å². The first-order valence-corrected chi connectivity index (χ1v) is 6.61. The van der Waals surface area contributed by atoms with E-state index in [9.17, 15) is 0 Å². The van der Waals surface area contributed by atoms with E-state index in [1.54, 1.807) is 6.26 Å². The lowest BCUT2D eigenvalue weighted by Crippen LogP contribution is -2.42. The molecule has 1 aliphatic carbocycles. The van der Waals surface area contributed by atoms with Gasteiger partial charge in [-0.15, -0.1) is 0 Å². The molecule has 1 fully saturated rings. The molecule has 0 saturated heterocycles. The van der Waals surface area contributed by atoms with Gasteiger partial charge in [-0.2, -0.15) is 12.6 Å². The molecule has 0 atom stereocenters. The van der Waals surface area contributed by atoms with Gasteiger partial charge in [0, 0.05) is 18.7 Å². The zero-order valence-corrected chi connectivity index (χ0v) is 11.1. The van der Waals surface area contributed by atoms with Crippen molar-refractivity contribution in [3.05, 3.63) is 23.7 Å². The van der Waals surface area contributed by atoms with Crippen LogP contribution in [0.15, 0.2) is 16.7 Å². The van der Waals surface area contributed by atoms with Gasteiger partial charge in [-0.3, -0.25) is 0 Å². The summed E-state index contributed by atoms with van der Waals surface area (Å²) < 4.78 is 5.32. The van der Waals surface area contributed by atoms with Crippen molar-refractivity contribution in [2.45, 2.75) is 32.7 Å². The van der Waals surface area contributed by atoms with Crippen molar-refractivity contribution in [3.8, 4) is 0 Å². The highest BCUT2D eigenvalue weighted by molar-refractivity contribution is 7.80. The van der Waals surface area contributed by atoms with Crippen molar-refractivity contribution >= 4 is 12.6 Å². The first-order valence-electron chi connectivity index (χ1n) is 5.98. The van der Waals surface area contributed by atoms with Gasteiger partial charge in [-0.1, -0.05) is 6.42 Å². The molecule has 2 rings (SSSR count). The van der Waals surface area contributed by atoms with Gasteiger partial charge >= 0.3 is 0 Å². The summed E-state index contributed by atoms with van der Waals surface area (Å²) >= 11 is 4.50. The fraction of sp³-hybridized carbons (Fsp3) is 0.692. The lowest BCUT2D eigenvalue weighted by Gasteiger charge is -2.43. The first-order chi connectivity index (χ1) is 7.65. The van der Waals surface area contributed by atoms with Gasteiger partial charge in [-0.25, -0.2) is 0 Å². The van der Waals surface area contributed by atoms with Gasteiger partial charge < -0.3 is 9.32 Å². The van der Waals surface area contributed by atoms with Gasteiger partial charge in [-0.05, 0) is 44.0 Å². The molecule has 1 saturated carbocycles. The molecule has 1 aromatic rings. The van der Waals surface area contributed by atoms with Crippen molar-refractivity contribution in [1.82, 2.24) is 4.90 Å². The van der Waals surface area contributed by atoms with E-state index in [4.69, 9.17) is 4.42 Å². The molecular weight excluding hydrogens is 218 g/mol. The predicted octanol–water partition coefficient (Wildman–Crippen LogP) is 3.12. The Kier molecular flexibility index (Phi) is 3.65. The van der Waals surface area contributed by atoms with Crippen LogP contribution in [0.4, 0.5) is 0 Å². The maximum atomic E-state index is 5.32. The monoisotopic (exact) mass is 239 g/mol. The predicted molar refractivity (Wildman–Crippen MR) is 69.9 cm³/mol. The van der Waals surface area contributed by atoms with Crippen LogP contribution in [0.5, 0.6) is 0 Å². The summed E-state index contributed by atoms with van der Waals surface area (Å²) in [6, 6.07) is 2.07. The minimum absolute atomic E-state index is 0.482. The van der Waals surface area contributed by atoms with E-state index in [2.05, 4.69) is 30.6 Å². The van der Waals surface area contributed by atoms with E-state index >= 15 is 0 Å². The smallest absolute Gasteiger partial charge is 0.105 e. The normalized spacial score (nSPS) is 18.8. The third-order valence-electron chi connectivity index (χ3n) is 3.76. The molecule has 16 heavy (non-hydrogen) atoms. The van der Waals surface area contributed by atoms with Crippen LogP contribution in [-0.4, -0.2) is 24.2 Å².